The van der Waals surface area contributed by atoms with Crippen molar-refractivity contribution in [3.05, 3.63) is 24.3 Å². The van der Waals surface area contributed by atoms with E-state index in [1.54, 1.807) is 0 Å². The number of carbonyl (C=O) groups is 1. The van der Waals surface area contributed by atoms with E-state index in [1.807, 2.05) is 6.08 Å². The van der Waals surface area contributed by atoms with Gasteiger partial charge in [0, 0.05) is 11.5 Å². The molecular formula is C22H32O4. The highest BCUT2D eigenvalue weighted by Crippen LogP contribution is 2.65. The summed E-state index contributed by atoms with van der Waals surface area (Å²) in [4.78, 5) is 11.8. The molecule has 144 valence electrons. The minimum Gasteiger partial charge on any atom is -0.462 e. The lowest BCUT2D eigenvalue weighted by Gasteiger charge is -2.58. The molecule has 4 aliphatic rings. The van der Waals surface area contributed by atoms with Crippen molar-refractivity contribution in [1.29, 1.82) is 0 Å². The van der Waals surface area contributed by atoms with Gasteiger partial charge in [-0.3, -0.25) is 0 Å². The van der Waals surface area contributed by atoms with E-state index >= 15 is 0 Å². The number of hydrogen-bond donors (Lipinski definition) is 2. The Morgan fingerprint density at radius 1 is 1.23 bits per heavy atom. The van der Waals surface area contributed by atoms with Crippen molar-refractivity contribution < 1.29 is 19.7 Å². The molecular weight excluding hydrogens is 328 g/mol. The maximum Gasteiger partial charge on any atom is 0.330 e. The molecule has 4 rings (SSSR count). The largest absolute Gasteiger partial charge is 0.462 e. The Hall–Kier alpha value is -1.13. The number of ether oxygens (including phenoxy) is 1. The minimum absolute atomic E-state index is 0.0511. The fourth-order valence-electron chi connectivity index (χ4n) is 7.00. The number of fused-ring (bicyclic) bond motifs is 5. The number of hydrogen-bond acceptors (Lipinski definition) is 4. The zero-order valence-electron chi connectivity index (χ0n) is 15.8. The minimum atomic E-state index is -0.369. The normalized spacial score (nSPS) is 47.2. The van der Waals surface area contributed by atoms with Crippen LogP contribution in [0.15, 0.2) is 24.3 Å². The Labute approximate surface area is 156 Å². The summed E-state index contributed by atoms with van der Waals surface area (Å²) >= 11 is 0. The van der Waals surface area contributed by atoms with Crippen LogP contribution in [0, 0.1) is 28.6 Å². The van der Waals surface area contributed by atoms with Crippen molar-refractivity contribution in [2.45, 2.75) is 70.5 Å². The molecule has 0 unspecified atom stereocenters. The lowest BCUT2D eigenvalue weighted by atomic mass is 9.47. The SMILES string of the molecule is C=CC(=O)OC[C@]12CC[C@H](O)C=C1CC[C@@H]1[C@@H]2CC[C@]2(C)[C@@H](O)CC[C@@H]12. The number of aliphatic hydroxyl groups excluding tert-OH is 2. The third-order valence-electron chi connectivity index (χ3n) is 8.40. The molecule has 0 amide bonds. The Bertz CT molecular complexity index is 626. The van der Waals surface area contributed by atoms with Gasteiger partial charge in [0.25, 0.3) is 0 Å². The molecule has 0 aliphatic heterocycles. The van der Waals surface area contributed by atoms with Gasteiger partial charge in [0.2, 0.25) is 0 Å². The summed E-state index contributed by atoms with van der Waals surface area (Å²) in [5.41, 5.74) is 1.22. The summed E-state index contributed by atoms with van der Waals surface area (Å²) in [6.45, 7) is 6.21. The first kappa shape index (κ1) is 18.2. The van der Waals surface area contributed by atoms with E-state index in [9.17, 15) is 15.0 Å². The monoisotopic (exact) mass is 360 g/mol. The van der Waals surface area contributed by atoms with E-state index in [1.165, 1.54) is 11.6 Å². The zero-order valence-corrected chi connectivity index (χ0v) is 15.8. The molecule has 0 aromatic heterocycles. The predicted molar refractivity (Wildman–Crippen MR) is 99.2 cm³/mol. The number of rotatable bonds is 3. The first-order valence-corrected chi connectivity index (χ1v) is 10.3. The van der Waals surface area contributed by atoms with E-state index < -0.39 is 0 Å². The second-order valence-electron chi connectivity index (χ2n) is 9.32. The molecule has 26 heavy (non-hydrogen) atoms. The Balaban J connectivity index is 1.67. The Morgan fingerprint density at radius 3 is 2.81 bits per heavy atom. The van der Waals surface area contributed by atoms with Gasteiger partial charge in [0.05, 0.1) is 12.2 Å². The van der Waals surface area contributed by atoms with Crippen molar-refractivity contribution in [1.82, 2.24) is 0 Å². The van der Waals surface area contributed by atoms with E-state index in [4.69, 9.17) is 4.74 Å². The van der Waals surface area contributed by atoms with Gasteiger partial charge in [-0.15, -0.1) is 0 Å². The van der Waals surface area contributed by atoms with Gasteiger partial charge in [0.15, 0.2) is 0 Å². The molecule has 4 aliphatic carbocycles. The van der Waals surface area contributed by atoms with Crippen LogP contribution in [-0.4, -0.2) is 35.0 Å². The average molecular weight is 360 g/mol. The van der Waals surface area contributed by atoms with Gasteiger partial charge in [-0.25, -0.2) is 4.79 Å². The summed E-state index contributed by atoms with van der Waals surface area (Å²) in [5.74, 6) is 1.28. The Morgan fingerprint density at radius 2 is 2.04 bits per heavy atom. The predicted octanol–water partition coefficient (Wildman–Crippen LogP) is 3.38. The topological polar surface area (TPSA) is 66.8 Å². The number of carbonyl (C=O) groups excluding carboxylic acids is 1. The summed E-state index contributed by atoms with van der Waals surface area (Å²) < 4.78 is 5.60. The van der Waals surface area contributed by atoms with Gasteiger partial charge >= 0.3 is 5.97 Å². The quantitative estimate of drug-likeness (QED) is 0.460. The number of esters is 1. The molecule has 0 heterocycles. The van der Waals surface area contributed by atoms with Crippen LogP contribution in [0.25, 0.3) is 0 Å². The van der Waals surface area contributed by atoms with E-state index in [-0.39, 0.29) is 29.0 Å². The average Bonchev–Trinajstić information content (AvgIpc) is 2.94. The van der Waals surface area contributed by atoms with Crippen LogP contribution in [0.2, 0.25) is 0 Å². The van der Waals surface area contributed by atoms with Crippen molar-refractivity contribution in [2.75, 3.05) is 6.61 Å². The highest BCUT2D eigenvalue weighted by Gasteiger charge is 2.60. The first-order chi connectivity index (χ1) is 12.4. The molecule has 3 fully saturated rings. The van der Waals surface area contributed by atoms with Gasteiger partial charge < -0.3 is 14.9 Å². The van der Waals surface area contributed by atoms with Crippen LogP contribution in [0.5, 0.6) is 0 Å². The highest BCUT2D eigenvalue weighted by molar-refractivity contribution is 5.81. The second kappa shape index (κ2) is 6.49. The highest BCUT2D eigenvalue weighted by atomic mass is 16.5. The van der Waals surface area contributed by atoms with Crippen molar-refractivity contribution in [3.63, 3.8) is 0 Å². The van der Waals surface area contributed by atoms with Gasteiger partial charge in [0.1, 0.15) is 6.61 Å². The smallest absolute Gasteiger partial charge is 0.330 e. The lowest BCUT2D eigenvalue weighted by molar-refractivity contribution is -0.147. The van der Waals surface area contributed by atoms with Gasteiger partial charge in [-0.2, -0.15) is 0 Å². The maximum absolute atomic E-state index is 11.8. The molecule has 3 saturated carbocycles. The molecule has 0 radical (unpaired) electrons. The molecule has 0 bridgehead atoms. The second-order valence-corrected chi connectivity index (χ2v) is 9.32. The summed E-state index contributed by atoms with van der Waals surface area (Å²) in [6, 6.07) is 0. The fraction of sp³-hybridized carbons (Fsp3) is 0.773. The molecule has 7 atom stereocenters. The van der Waals surface area contributed by atoms with Crippen LogP contribution in [-0.2, 0) is 9.53 Å². The van der Waals surface area contributed by atoms with Gasteiger partial charge in [-0.05, 0) is 74.5 Å². The molecule has 0 spiro atoms. The number of aliphatic hydroxyl groups is 2. The third kappa shape index (κ3) is 2.60. The molecule has 4 nitrogen and oxygen atoms in total. The van der Waals surface area contributed by atoms with Crippen LogP contribution in [0.3, 0.4) is 0 Å². The first-order valence-electron chi connectivity index (χ1n) is 10.3. The van der Waals surface area contributed by atoms with Crippen LogP contribution in [0.4, 0.5) is 0 Å². The lowest BCUT2D eigenvalue weighted by Crippen LogP contribution is -2.54. The molecule has 0 aromatic rings. The summed E-state index contributed by atoms with van der Waals surface area (Å²) in [6.07, 6.45) is 10.6. The van der Waals surface area contributed by atoms with E-state index in [0.29, 0.717) is 24.4 Å². The summed E-state index contributed by atoms with van der Waals surface area (Å²) in [7, 11) is 0. The summed E-state index contributed by atoms with van der Waals surface area (Å²) in [5, 5.41) is 20.8. The molecule has 2 N–H and O–H groups in total. The van der Waals surface area contributed by atoms with Crippen molar-refractivity contribution in [3.8, 4) is 0 Å². The Kier molecular flexibility index (Phi) is 4.55. The third-order valence-corrected chi connectivity index (χ3v) is 8.40. The standard InChI is InChI=1S/C22H32O4/c1-3-20(25)26-13-22-11-8-15(23)12-14(22)4-5-16-17-6-7-19(24)21(17,2)10-9-18(16)22/h3,12,15-19,23-24H,1,4-11,13H2,2H3/t15-,16-,17-,18-,19-,21-,22+/m0/s1. The van der Waals surface area contributed by atoms with Crippen molar-refractivity contribution in [2.24, 2.45) is 28.6 Å². The van der Waals surface area contributed by atoms with Crippen LogP contribution < -0.4 is 0 Å². The van der Waals surface area contributed by atoms with Crippen molar-refractivity contribution >= 4 is 5.97 Å². The molecule has 0 aromatic carbocycles. The van der Waals surface area contributed by atoms with E-state index in [2.05, 4.69) is 13.5 Å². The fourth-order valence-corrected chi connectivity index (χ4v) is 7.00. The van der Waals surface area contributed by atoms with Crippen LogP contribution >= 0.6 is 0 Å². The zero-order chi connectivity index (χ0) is 18.5. The maximum atomic E-state index is 11.8. The molecule has 4 heteroatoms. The van der Waals surface area contributed by atoms with Crippen LogP contribution in [0.1, 0.15) is 58.3 Å². The van der Waals surface area contributed by atoms with Gasteiger partial charge in [-0.1, -0.05) is 25.2 Å². The molecule has 0 saturated heterocycles. The van der Waals surface area contributed by atoms with E-state index in [0.717, 1.165) is 51.4 Å².